The summed E-state index contributed by atoms with van der Waals surface area (Å²) < 4.78 is 33.9. The molecule has 4 aromatic rings. The van der Waals surface area contributed by atoms with Gasteiger partial charge in [0, 0.05) is 12.2 Å². The summed E-state index contributed by atoms with van der Waals surface area (Å²) in [5, 5.41) is 5.31. The topological polar surface area (TPSA) is 67.4 Å². The van der Waals surface area contributed by atoms with Gasteiger partial charge in [-0.2, -0.15) is 0 Å². The van der Waals surface area contributed by atoms with Crippen LogP contribution < -0.4 is 14.8 Å². The molecule has 0 fully saturated rings. The number of ether oxygens (including phenoxy) is 1. The van der Waals surface area contributed by atoms with Crippen LogP contribution >= 0.6 is 0 Å². The van der Waals surface area contributed by atoms with E-state index in [9.17, 15) is 8.42 Å². The van der Waals surface area contributed by atoms with E-state index in [2.05, 4.69) is 16.1 Å². The lowest BCUT2D eigenvalue weighted by Crippen LogP contribution is -2.17. The van der Waals surface area contributed by atoms with Crippen molar-refractivity contribution in [3.63, 3.8) is 0 Å². The highest BCUT2D eigenvalue weighted by Crippen LogP contribution is 2.22. The zero-order valence-corrected chi connectivity index (χ0v) is 18.7. The third-order valence-electron chi connectivity index (χ3n) is 5.30. The lowest BCUT2D eigenvalue weighted by molar-refractivity contribution is 0.409. The normalized spacial score (nSPS) is 11.4. The number of benzene rings is 4. The van der Waals surface area contributed by atoms with Crippen molar-refractivity contribution in [2.75, 3.05) is 18.4 Å². The van der Waals surface area contributed by atoms with Crippen molar-refractivity contribution < 1.29 is 13.2 Å². The molecule has 0 heterocycles. The molecule has 0 bridgehead atoms. The zero-order valence-electron chi connectivity index (χ0n) is 17.9. The zero-order chi connectivity index (χ0) is 22.4. The molecule has 6 heteroatoms. The molecule has 0 aromatic heterocycles. The number of anilines is 1. The molecule has 5 nitrogen and oxygen atoms in total. The van der Waals surface area contributed by atoms with Crippen molar-refractivity contribution in [3.8, 4) is 5.75 Å². The summed E-state index contributed by atoms with van der Waals surface area (Å²) in [5.74, 6) is 0.888. The first kappa shape index (κ1) is 21.9. The molecular weight excluding hydrogens is 420 g/mol. The summed E-state index contributed by atoms with van der Waals surface area (Å²) >= 11 is 0. The minimum absolute atomic E-state index is 0.247. The van der Waals surface area contributed by atoms with E-state index in [1.54, 1.807) is 25.3 Å². The highest BCUT2D eigenvalue weighted by atomic mass is 32.2. The molecule has 0 radical (unpaired) electrons. The number of rotatable bonds is 9. The largest absolute Gasteiger partial charge is 0.496 e. The number of methoxy groups -OCH3 is 1. The smallest absolute Gasteiger partial charge is 0.261 e. The van der Waals surface area contributed by atoms with Crippen molar-refractivity contribution in [2.45, 2.75) is 17.9 Å². The second-order valence-electron chi connectivity index (χ2n) is 7.55. The maximum absolute atomic E-state index is 12.9. The Kier molecular flexibility index (Phi) is 6.73. The van der Waals surface area contributed by atoms with Gasteiger partial charge in [-0.1, -0.05) is 60.7 Å². The van der Waals surface area contributed by atoms with E-state index in [-0.39, 0.29) is 4.90 Å². The molecule has 2 N–H and O–H groups in total. The molecule has 0 aliphatic carbocycles. The molecule has 0 spiro atoms. The monoisotopic (exact) mass is 446 g/mol. The van der Waals surface area contributed by atoms with Crippen molar-refractivity contribution in [2.24, 2.45) is 0 Å². The average Bonchev–Trinajstić information content (AvgIpc) is 2.82. The summed E-state index contributed by atoms with van der Waals surface area (Å²) in [5.41, 5.74) is 2.70. The molecule has 0 atom stereocenters. The summed E-state index contributed by atoms with van der Waals surface area (Å²) in [6, 6.07) is 28.3. The van der Waals surface area contributed by atoms with Crippen molar-refractivity contribution in [1.82, 2.24) is 5.32 Å². The lowest BCUT2D eigenvalue weighted by atomic mass is 10.1. The van der Waals surface area contributed by atoms with E-state index in [4.69, 9.17) is 4.74 Å². The van der Waals surface area contributed by atoms with Crippen LogP contribution in [0.4, 0.5) is 5.69 Å². The molecule has 164 valence electrons. The van der Waals surface area contributed by atoms with Gasteiger partial charge in [-0.05, 0) is 65.2 Å². The lowest BCUT2D eigenvalue weighted by Gasteiger charge is -2.11. The molecule has 32 heavy (non-hydrogen) atoms. The third-order valence-corrected chi connectivity index (χ3v) is 6.68. The van der Waals surface area contributed by atoms with Gasteiger partial charge in [-0.3, -0.25) is 4.72 Å². The minimum atomic E-state index is -3.67. The van der Waals surface area contributed by atoms with Crippen LogP contribution in [0.5, 0.6) is 5.75 Å². The Bertz CT molecular complexity index is 1320. The fraction of sp³-hybridized carbons (Fsp3) is 0.154. The maximum Gasteiger partial charge on any atom is 0.261 e. The molecule has 4 rings (SSSR count). The SMILES string of the molecule is COc1ccccc1CCNCc1cccc(NS(=O)(=O)c2ccc3ccccc3c2)c1. The van der Waals surface area contributed by atoms with Gasteiger partial charge in [-0.25, -0.2) is 8.42 Å². The first-order valence-electron chi connectivity index (χ1n) is 10.5. The highest BCUT2D eigenvalue weighted by molar-refractivity contribution is 7.92. The first-order chi connectivity index (χ1) is 15.5. The van der Waals surface area contributed by atoms with Crippen LogP contribution in [0, 0.1) is 0 Å². The molecule has 0 saturated heterocycles. The second-order valence-corrected chi connectivity index (χ2v) is 9.24. The quantitative estimate of drug-likeness (QED) is 0.356. The van der Waals surface area contributed by atoms with Crippen LogP contribution in [-0.4, -0.2) is 22.1 Å². The Morgan fingerprint density at radius 2 is 1.59 bits per heavy atom. The Morgan fingerprint density at radius 3 is 2.44 bits per heavy atom. The fourth-order valence-corrected chi connectivity index (χ4v) is 4.74. The predicted molar refractivity (Wildman–Crippen MR) is 130 cm³/mol. The van der Waals surface area contributed by atoms with E-state index in [1.165, 1.54) is 0 Å². The fourth-order valence-electron chi connectivity index (χ4n) is 3.66. The van der Waals surface area contributed by atoms with Gasteiger partial charge in [0.05, 0.1) is 12.0 Å². The van der Waals surface area contributed by atoms with Gasteiger partial charge in [-0.15, -0.1) is 0 Å². The van der Waals surface area contributed by atoms with Crippen LogP contribution in [0.25, 0.3) is 10.8 Å². The van der Waals surface area contributed by atoms with E-state index in [0.29, 0.717) is 12.2 Å². The number of hydrogen-bond donors (Lipinski definition) is 2. The minimum Gasteiger partial charge on any atom is -0.496 e. The molecule has 0 aliphatic rings. The number of nitrogens with one attached hydrogen (secondary N) is 2. The molecule has 4 aromatic carbocycles. The van der Waals surface area contributed by atoms with Crippen LogP contribution in [-0.2, 0) is 23.0 Å². The van der Waals surface area contributed by atoms with Gasteiger partial charge >= 0.3 is 0 Å². The second kappa shape index (κ2) is 9.85. The molecule has 0 amide bonds. The molecule has 0 aliphatic heterocycles. The summed E-state index contributed by atoms with van der Waals surface area (Å²) in [7, 11) is -2.00. The van der Waals surface area contributed by atoms with Crippen molar-refractivity contribution in [3.05, 3.63) is 102 Å². The van der Waals surface area contributed by atoms with Crippen LogP contribution in [0.3, 0.4) is 0 Å². The van der Waals surface area contributed by atoms with Gasteiger partial charge in [0.25, 0.3) is 10.0 Å². The average molecular weight is 447 g/mol. The van der Waals surface area contributed by atoms with Gasteiger partial charge in [0.2, 0.25) is 0 Å². The van der Waals surface area contributed by atoms with Crippen LogP contribution in [0.15, 0.2) is 95.9 Å². The van der Waals surface area contributed by atoms with Crippen molar-refractivity contribution >= 4 is 26.5 Å². The maximum atomic E-state index is 12.9. The Labute approximate surface area is 189 Å². The third kappa shape index (κ3) is 5.28. The molecule has 0 saturated carbocycles. The van der Waals surface area contributed by atoms with Crippen molar-refractivity contribution in [1.29, 1.82) is 0 Å². The number of hydrogen-bond acceptors (Lipinski definition) is 4. The van der Waals surface area contributed by atoms with Gasteiger partial charge in [0.1, 0.15) is 5.75 Å². The van der Waals surface area contributed by atoms with E-state index in [1.807, 2.05) is 66.7 Å². The Balaban J connectivity index is 1.38. The number of sulfonamides is 1. The predicted octanol–water partition coefficient (Wildman–Crippen LogP) is 4.98. The van der Waals surface area contributed by atoms with E-state index in [0.717, 1.165) is 40.6 Å². The number of fused-ring (bicyclic) bond motifs is 1. The van der Waals surface area contributed by atoms with Gasteiger partial charge in [0.15, 0.2) is 0 Å². The van der Waals surface area contributed by atoms with E-state index >= 15 is 0 Å². The standard InChI is InChI=1S/C26H26N2O3S/c1-31-26-12-5-4-9-22(26)15-16-27-19-20-7-6-11-24(17-20)28-32(29,30)25-14-13-21-8-2-3-10-23(21)18-25/h2-14,17-18,27-28H,15-16,19H2,1H3. The summed E-state index contributed by atoms with van der Waals surface area (Å²) in [6.45, 7) is 1.42. The first-order valence-corrected chi connectivity index (χ1v) is 12.0. The van der Waals surface area contributed by atoms with Crippen LogP contribution in [0.1, 0.15) is 11.1 Å². The molecular formula is C26H26N2O3S. The van der Waals surface area contributed by atoms with Gasteiger partial charge < -0.3 is 10.1 Å². The highest BCUT2D eigenvalue weighted by Gasteiger charge is 2.15. The molecule has 0 unspecified atom stereocenters. The van der Waals surface area contributed by atoms with E-state index < -0.39 is 10.0 Å². The summed E-state index contributed by atoms with van der Waals surface area (Å²) in [4.78, 5) is 0.247. The van der Waals surface area contributed by atoms with Crippen LogP contribution in [0.2, 0.25) is 0 Å². The Hall–Kier alpha value is -3.35. The Morgan fingerprint density at radius 1 is 0.812 bits per heavy atom. The number of para-hydroxylation sites is 1. The summed E-state index contributed by atoms with van der Waals surface area (Å²) in [6.07, 6.45) is 0.846.